The van der Waals surface area contributed by atoms with Crippen LogP contribution in [0.25, 0.3) is 0 Å². The number of amides is 1. The van der Waals surface area contributed by atoms with E-state index in [4.69, 9.17) is 5.73 Å². The predicted molar refractivity (Wildman–Crippen MR) is 51.0 cm³/mol. The van der Waals surface area contributed by atoms with Gasteiger partial charge in [-0.05, 0) is 6.92 Å². The summed E-state index contributed by atoms with van der Waals surface area (Å²) >= 11 is 0. The Morgan fingerprint density at radius 2 is 1.92 bits per heavy atom. The van der Waals surface area contributed by atoms with Gasteiger partial charge in [-0.3, -0.25) is 4.79 Å². The largest absolute Gasteiger partial charge is 0.348 e. The molecule has 0 aromatic heterocycles. The first-order chi connectivity index (χ1) is 5.81. The number of sulfone groups is 1. The predicted octanol–water partition coefficient (Wildman–Crippen LogP) is -1.16. The molecular weight excluding hydrogens is 192 g/mol. The minimum Gasteiger partial charge on any atom is -0.348 e. The zero-order valence-corrected chi connectivity index (χ0v) is 8.97. The molecule has 0 saturated carbocycles. The quantitative estimate of drug-likeness (QED) is 0.631. The first kappa shape index (κ1) is 12.4. The first-order valence-corrected chi connectivity index (χ1v) is 5.64. The fraction of sp³-hybridized carbons (Fsp3) is 0.857. The highest BCUT2D eigenvalue weighted by Crippen LogP contribution is 2.01. The lowest BCUT2D eigenvalue weighted by Gasteiger charge is -2.13. The summed E-state index contributed by atoms with van der Waals surface area (Å²) in [5.74, 6) is -0.876. The number of hydrogen-bond acceptors (Lipinski definition) is 4. The molecule has 1 atom stereocenters. The van der Waals surface area contributed by atoms with E-state index < -0.39 is 26.7 Å². The number of nitrogens with two attached hydrogens (primary N) is 1. The summed E-state index contributed by atoms with van der Waals surface area (Å²) in [5, 5.41) is -0.656. The maximum absolute atomic E-state index is 11.3. The van der Waals surface area contributed by atoms with Crippen LogP contribution in [0.15, 0.2) is 0 Å². The van der Waals surface area contributed by atoms with Crippen molar-refractivity contribution in [2.75, 3.05) is 26.4 Å². The van der Waals surface area contributed by atoms with Crippen molar-refractivity contribution in [2.24, 2.45) is 5.73 Å². The summed E-state index contributed by atoms with van der Waals surface area (Å²) in [7, 11) is -0.333. The fourth-order valence-electron chi connectivity index (χ4n) is 0.590. The Labute approximate surface area is 78.8 Å². The van der Waals surface area contributed by atoms with E-state index in [-0.39, 0.29) is 6.54 Å². The molecule has 5 nitrogen and oxygen atoms in total. The molecule has 1 unspecified atom stereocenters. The van der Waals surface area contributed by atoms with Gasteiger partial charge in [-0.25, -0.2) is 8.42 Å². The Morgan fingerprint density at radius 1 is 1.46 bits per heavy atom. The molecule has 0 aromatic rings. The van der Waals surface area contributed by atoms with Crippen molar-refractivity contribution in [3.8, 4) is 0 Å². The van der Waals surface area contributed by atoms with E-state index in [1.54, 1.807) is 0 Å². The molecule has 0 heterocycles. The smallest absolute Gasteiger partial charge is 0.237 e. The highest BCUT2D eigenvalue weighted by atomic mass is 32.2. The van der Waals surface area contributed by atoms with Crippen LogP contribution in [0, 0.1) is 0 Å². The van der Waals surface area contributed by atoms with Gasteiger partial charge in [-0.2, -0.15) is 0 Å². The van der Waals surface area contributed by atoms with Crippen LogP contribution in [0.4, 0.5) is 0 Å². The lowest BCUT2D eigenvalue weighted by Crippen LogP contribution is -2.36. The van der Waals surface area contributed by atoms with Gasteiger partial charge in [-0.1, -0.05) is 0 Å². The second-order valence-corrected chi connectivity index (χ2v) is 5.56. The minimum atomic E-state index is -3.37. The molecule has 0 bridgehead atoms. The summed E-state index contributed by atoms with van der Waals surface area (Å²) < 4.78 is 22.7. The monoisotopic (exact) mass is 208 g/mol. The molecule has 1 amide bonds. The highest BCUT2D eigenvalue weighted by Gasteiger charge is 2.23. The zero-order chi connectivity index (χ0) is 10.6. The van der Waals surface area contributed by atoms with E-state index in [0.29, 0.717) is 0 Å². The molecule has 0 fully saturated rings. The van der Waals surface area contributed by atoms with Crippen LogP contribution in [-0.2, 0) is 14.6 Å². The number of hydrogen-bond donors (Lipinski definition) is 1. The van der Waals surface area contributed by atoms with Gasteiger partial charge in [0.1, 0.15) is 5.75 Å². The number of carbonyl (C=O) groups is 1. The fourth-order valence-corrected chi connectivity index (χ4v) is 1.77. The third-order valence-corrected chi connectivity index (χ3v) is 3.84. The molecule has 0 aliphatic heterocycles. The Hall–Kier alpha value is -0.620. The van der Waals surface area contributed by atoms with Crippen LogP contribution in [-0.4, -0.2) is 50.9 Å². The van der Waals surface area contributed by atoms with E-state index in [9.17, 15) is 13.2 Å². The standard InChI is InChI=1S/C7H16N2O3S/c1-6(4-8)13(11,12)5-7(10)9(2)3/h6H,4-5,8H2,1-3H3. The number of nitrogens with zero attached hydrogens (tertiary/aromatic N) is 1. The Balaban J connectivity index is 4.44. The van der Waals surface area contributed by atoms with Crippen LogP contribution >= 0.6 is 0 Å². The van der Waals surface area contributed by atoms with Crippen molar-refractivity contribution in [2.45, 2.75) is 12.2 Å². The van der Waals surface area contributed by atoms with Crippen molar-refractivity contribution < 1.29 is 13.2 Å². The topological polar surface area (TPSA) is 80.5 Å². The van der Waals surface area contributed by atoms with E-state index >= 15 is 0 Å². The van der Waals surface area contributed by atoms with Gasteiger partial charge in [0, 0.05) is 20.6 Å². The number of carbonyl (C=O) groups excluding carboxylic acids is 1. The van der Waals surface area contributed by atoms with Gasteiger partial charge in [0.15, 0.2) is 9.84 Å². The van der Waals surface area contributed by atoms with Gasteiger partial charge < -0.3 is 10.6 Å². The van der Waals surface area contributed by atoms with Gasteiger partial charge in [-0.15, -0.1) is 0 Å². The molecule has 0 spiro atoms. The summed E-state index contributed by atoms with van der Waals surface area (Å²) in [4.78, 5) is 12.3. The maximum atomic E-state index is 11.3. The van der Waals surface area contributed by atoms with Crippen molar-refractivity contribution in [3.63, 3.8) is 0 Å². The molecule has 78 valence electrons. The van der Waals surface area contributed by atoms with Gasteiger partial charge in [0.05, 0.1) is 5.25 Å². The van der Waals surface area contributed by atoms with Gasteiger partial charge in [0.25, 0.3) is 0 Å². The molecule has 6 heteroatoms. The van der Waals surface area contributed by atoms with E-state index in [1.807, 2.05) is 0 Å². The second kappa shape index (κ2) is 4.57. The molecular formula is C7H16N2O3S. The molecule has 0 aliphatic rings. The third-order valence-electron chi connectivity index (χ3n) is 1.77. The number of rotatable bonds is 4. The van der Waals surface area contributed by atoms with Crippen LogP contribution in [0.1, 0.15) is 6.92 Å². The summed E-state index contributed by atoms with van der Waals surface area (Å²) in [5.41, 5.74) is 5.21. The Bertz CT molecular complexity index is 271. The SMILES string of the molecule is CC(CN)S(=O)(=O)CC(=O)N(C)C. The maximum Gasteiger partial charge on any atom is 0.237 e. The lowest BCUT2D eigenvalue weighted by atomic mass is 10.5. The van der Waals surface area contributed by atoms with Crippen LogP contribution in [0.5, 0.6) is 0 Å². The van der Waals surface area contributed by atoms with E-state index in [2.05, 4.69) is 0 Å². The minimum absolute atomic E-state index is 0.0447. The van der Waals surface area contributed by atoms with Crippen LogP contribution in [0.3, 0.4) is 0 Å². The summed E-state index contributed by atoms with van der Waals surface area (Å²) in [6.07, 6.45) is 0. The van der Waals surface area contributed by atoms with Gasteiger partial charge in [0.2, 0.25) is 5.91 Å². The second-order valence-electron chi connectivity index (χ2n) is 3.14. The first-order valence-electron chi connectivity index (χ1n) is 3.93. The van der Waals surface area contributed by atoms with E-state index in [0.717, 1.165) is 0 Å². The molecule has 2 N–H and O–H groups in total. The van der Waals surface area contributed by atoms with Crippen molar-refractivity contribution in [1.82, 2.24) is 4.90 Å². The van der Waals surface area contributed by atoms with Crippen molar-refractivity contribution in [1.29, 1.82) is 0 Å². The Morgan fingerprint density at radius 3 is 2.23 bits per heavy atom. The van der Waals surface area contributed by atoms with Crippen LogP contribution in [0.2, 0.25) is 0 Å². The normalized spacial score (nSPS) is 13.8. The Kier molecular flexibility index (Phi) is 4.35. The highest BCUT2D eigenvalue weighted by molar-refractivity contribution is 7.92. The molecule has 13 heavy (non-hydrogen) atoms. The molecule has 0 aliphatic carbocycles. The van der Waals surface area contributed by atoms with Gasteiger partial charge >= 0.3 is 0 Å². The molecule has 0 saturated heterocycles. The molecule has 0 aromatic carbocycles. The summed E-state index contributed by atoms with van der Waals surface area (Å²) in [6, 6.07) is 0. The zero-order valence-electron chi connectivity index (χ0n) is 8.15. The third kappa shape index (κ3) is 3.73. The van der Waals surface area contributed by atoms with Crippen LogP contribution < -0.4 is 5.73 Å². The van der Waals surface area contributed by atoms with Crippen molar-refractivity contribution >= 4 is 15.7 Å². The molecule has 0 rings (SSSR count). The average molecular weight is 208 g/mol. The van der Waals surface area contributed by atoms with Crippen molar-refractivity contribution in [3.05, 3.63) is 0 Å². The lowest BCUT2D eigenvalue weighted by molar-refractivity contribution is -0.125. The average Bonchev–Trinajstić information content (AvgIpc) is 2.01. The van der Waals surface area contributed by atoms with E-state index in [1.165, 1.54) is 25.9 Å². The summed E-state index contributed by atoms with van der Waals surface area (Å²) in [6.45, 7) is 1.54. The molecule has 0 radical (unpaired) electrons.